The van der Waals surface area contributed by atoms with Gasteiger partial charge in [0.15, 0.2) is 9.84 Å². The molecule has 0 spiro atoms. The summed E-state index contributed by atoms with van der Waals surface area (Å²) in [6, 6.07) is 8.09. The van der Waals surface area contributed by atoms with Crippen molar-refractivity contribution in [2.75, 3.05) is 11.5 Å². The zero-order valence-corrected chi connectivity index (χ0v) is 12.8. The molecule has 0 saturated carbocycles. The van der Waals surface area contributed by atoms with E-state index >= 15 is 0 Å². The van der Waals surface area contributed by atoms with Crippen molar-refractivity contribution in [3.8, 4) is 0 Å². The third-order valence-corrected chi connectivity index (χ3v) is 5.61. The maximum atomic E-state index is 11.9. The highest BCUT2D eigenvalue weighted by Crippen LogP contribution is 2.23. The van der Waals surface area contributed by atoms with E-state index in [1.807, 2.05) is 31.2 Å². The van der Waals surface area contributed by atoms with Crippen LogP contribution in [0.25, 0.3) is 0 Å². The van der Waals surface area contributed by atoms with Gasteiger partial charge in [-0.2, -0.15) is 0 Å². The number of benzene rings is 1. The Bertz CT molecular complexity index is 592. The second-order valence-corrected chi connectivity index (χ2v) is 8.12. The van der Waals surface area contributed by atoms with Crippen LogP contribution in [-0.4, -0.2) is 31.4 Å². The fourth-order valence-corrected chi connectivity index (χ4v) is 4.61. The number of rotatable bonds is 4. The van der Waals surface area contributed by atoms with E-state index in [1.165, 1.54) is 5.56 Å². The first-order valence-corrected chi connectivity index (χ1v) is 8.67. The molecule has 1 fully saturated rings. The first-order chi connectivity index (χ1) is 9.28. The molecule has 1 aliphatic rings. The number of amides is 1. The van der Waals surface area contributed by atoms with Gasteiger partial charge < -0.3 is 5.32 Å². The molecule has 0 bridgehead atoms. The summed E-state index contributed by atoms with van der Waals surface area (Å²) in [5.41, 5.74) is 1.72. The molecule has 1 aromatic rings. The first kappa shape index (κ1) is 15.0. The maximum Gasteiger partial charge on any atom is 0.220 e. The van der Waals surface area contributed by atoms with Gasteiger partial charge in [0.05, 0.1) is 17.0 Å². The van der Waals surface area contributed by atoms with E-state index in [4.69, 9.17) is 0 Å². The Balaban J connectivity index is 1.85. The third kappa shape index (κ3) is 4.07. The fourth-order valence-electron chi connectivity index (χ4n) is 2.52. The van der Waals surface area contributed by atoms with Gasteiger partial charge in [0, 0.05) is 6.42 Å². The summed E-state index contributed by atoms with van der Waals surface area (Å²) in [6.45, 7) is 3.83. The van der Waals surface area contributed by atoms with Gasteiger partial charge in [-0.1, -0.05) is 29.8 Å². The summed E-state index contributed by atoms with van der Waals surface area (Å²) in [5.74, 6) is 0.142. The van der Waals surface area contributed by atoms with E-state index in [0.29, 0.717) is 19.3 Å². The highest BCUT2D eigenvalue weighted by atomic mass is 32.2. The average molecular weight is 295 g/mol. The third-order valence-electron chi connectivity index (χ3n) is 3.71. The highest BCUT2D eigenvalue weighted by molar-refractivity contribution is 7.91. The molecule has 1 N–H and O–H groups in total. The summed E-state index contributed by atoms with van der Waals surface area (Å²) in [5, 5.41) is 2.87. The van der Waals surface area contributed by atoms with Crippen molar-refractivity contribution >= 4 is 15.7 Å². The van der Waals surface area contributed by atoms with Crippen LogP contribution in [0.15, 0.2) is 24.3 Å². The SMILES string of the molecule is Cc1ccc(CCC(=O)N[C@@]2(C)CCS(=O)(=O)C2)cc1. The molecule has 1 aromatic carbocycles. The molecule has 1 amide bonds. The van der Waals surface area contributed by atoms with Crippen molar-refractivity contribution in [1.29, 1.82) is 0 Å². The lowest BCUT2D eigenvalue weighted by Gasteiger charge is -2.23. The lowest BCUT2D eigenvalue weighted by atomic mass is 10.0. The van der Waals surface area contributed by atoms with Crippen molar-refractivity contribution in [2.24, 2.45) is 0 Å². The topological polar surface area (TPSA) is 63.2 Å². The molecule has 0 aliphatic carbocycles. The average Bonchev–Trinajstić information content (AvgIpc) is 2.62. The highest BCUT2D eigenvalue weighted by Gasteiger charge is 2.39. The lowest BCUT2D eigenvalue weighted by molar-refractivity contribution is -0.122. The maximum absolute atomic E-state index is 11.9. The molecule has 20 heavy (non-hydrogen) atoms. The fraction of sp³-hybridized carbons (Fsp3) is 0.533. The van der Waals surface area contributed by atoms with E-state index in [-0.39, 0.29) is 17.4 Å². The summed E-state index contributed by atoms with van der Waals surface area (Å²) in [4.78, 5) is 11.9. The minimum Gasteiger partial charge on any atom is -0.350 e. The Morgan fingerprint density at radius 3 is 2.50 bits per heavy atom. The van der Waals surface area contributed by atoms with Crippen LogP contribution in [0.4, 0.5) is 0 Å². The number of carbonyl (C=O) groups excluding carboxylic acids is 1. The zero-order valence-electron chi connectivity index (χ0n) is 12.0. The molecule has 110 valence electrons. The van der Waals surface area contributed by atoms with Gasteiger partial charge in [0.25, 0.3) is 0 Å². The quantitative estimate of drug-likeness (QED) is 0.918. The largest absolute Gasteiger partial charge is 0.350 e. The Hall–Kier alpha value is -1.36. The second-order valence-electron chi connectivity index (χ2n) is 5.94. The molecule has 1 aliphatic heterocycles. The van der Waals surface area contributed by atoms with Crippen LogP contribution in [0.3, 0.4) is 0 Å². The van der Waals surface area contributed by atoms with Crippen LogP contribution >= 0.6 is 0 Å². The van der Waals surface area contributed by atoms with Crippen LogP contribution in [0.5, 0.6) is 0 Å². The summed E-state index contributed by atoms with van der Waals surface area (Å²) < 4.78 is 23.0. The van der Waals surface area contributed by atoms with E-state index in [9.17, 15) is 13.2 Å². The Kier molecular flexibility index (Phi) is 4.18. The zero-order chi connectivity index (χ0) is 14.8. The van der Waals surface area contributed by atoms with Crippen molar-refractivity contribution in [1.82, 2.24) is 5.32 Å². The smallest absolute Gasteiger partial charge is 0.220 e. The van der Waals surface area contributed by atoms with E-state index in [1.54, 1.807) is 6.92 Å². The van der Waals surface area contributed by atoms with Crippen molar-refractivity contribution in [2.45, 2.75) is 38.6 Å². The normalized spacial score (nSPS) is 24.5. The minimum absolute atomic E-state index is 0.0519. The summed E-state index contributed by atoms with van der Waals surface area (Å²) in [7, 11) is -2.99. The van der Waals surface area contributed by atoms with Gasteiger partial charge in [-0.15, -0.1) is 0 Å². The minimum atomic E-state index is -2.99. The van der Waals surface area contributed by atoms with Crippen molar-refractivity contribution in [3.05, 3.63) is 35.4 Å². The predicted octanol–water partition coefficient (Wildman–Crippen LogP) is 1.62. The lowest BCUT2D eigenvalue weighted by Crippen LogP contribution is -2.47. The molecule has 1 heterocycles. The summed E-state index contributed by atoms with van der Waals surface area (Å²) >= 11 is 0. The Morgan fingerprint density at radius 2 is 1.95 bits per heavy atom. The van der Waals surface area contributed by atoms with Gasteiger partial charge >= 0.3 is 0 Å². The van der Waals surface area contributed by atoms with Gasteiger partial charge in [-0.3, -0.25) is 4.79 Å². The molecule has 1 atom stereocenters. The first-order valence-electron chi connectivity index (χ1n) is 6.85. The number of hydrogen-bond donors (Lipinski definition) is 1. The number of nitrogens with one attached hydrogen (secondary N) is 1. The number of sulfone groups is 1. The Morgan fingerprint density at radius 1 is 1.30 bits per heavy atom. The predicted molar refractivity (Wildman–Crippen MR) is 79.3 cm³/mol. The number of hydrogen-bond acceptors (Lipinski definition) is 3. The van der Waals surface area contributed by atoms with E-state index in [2.05, 4.69) is 5.32 Å². The van der Waals surface area contributed by atoms with Crippen LogP contribution in [-0.2, 0) is 21.1 Å². The number of aryl methyl sites for hydroxylation is 2. The van der Waals surface area contributed by atoms with E-state index < -0.39 is 15.4 Å². The molecule has 5 heteroatoms. The summed E-state index contributed by atoms with van der Waals surface area (Å²) in [6.07, 6.45) is 1.57. The van der Waals surface area contributed by atoms with Crippen LogP contribution < -0.4 is 5.32 Å². The molecule has 0 radical (unpaired) electrons. The van der Waals surface area contributed by atoms with Gasteiger partial charge in [-0.25, -0.2) is 8.42 Å². The molecule has 4 nitrogen and oxygen atoms in total. The number of carbonyl (C=O) groups is 1. The molecular formula is C15H21NO3S. The monoisotopic (exact) mass is 295 g/mol. The molecule has 0 unspecified atom stereocenters. The Labute approximate surface area is 120 Å². The van der Waals surface area contributed by atoms with Crippen LogP contribution in [0, 0.1) is 6.92 Å². The van der Waals surface area contributed by atoms with Crippen molar-refractivity contribution < 1.29 is 13.2 Å². The van der Waals surface area contributed by atoms with Crippen LogP contribution in [0.1, 0.15) is 30.9 Å². The van der Waals surface area contributed by atoms with Crippen LogP contribution in [0.2, 0.25) is 0 Å². The molecule has 1 saturated heterocycles. The second kappa shape index (κ2) is 5.56. The van der Waals surface area contributed by atoms with Gasteiger partial charge in [0.1, 0.15) is 0 Å². The molecule has 0 aromatic heterocycles. The van der Waals surface area contributed by atoms with E-state index in [0.717, 1.165) is 5.56 Å². The van der Waals surface area contributed by atoms with Gasteiger partial charge in [-0.05, 0) is 32.3 Å². The van der Waals surface area contributed by atoms with Gasteiger partial charge in [0.2, 0.25) is 5.91 Å². The molecule has 2 rings (SSSR count). The standard InChI is InChI=1S/C15H21NO3S/c1-12-3-5-13(6-4-12)7-8-14(17)16-15(2)9-10-20(18,19)11-15/h3-6H,7-11H2,1-2H3,(H,16,17)/t15-/m0/s1. The van der Waals surface area contributed by atoms with Crippen molar-refractivity contribution in [3.63, 3.8) is 0 Å². The molecular weight excluding hydrogens is 274 g/mol.